The van der Waals surface area contributed by atoms with Crippen molar-refractivity contribution >= 4 is 11.9 Å². The molecule has 0 bridgehead atoms. The van der Waals surface area contributed by atoms with E-state index in [-0.39, 0.29) is 17.4 Å². The first-order valence-electron chi connectivity index (χ1n) is 8.11. The first-order valence-corrected chi connectivity index (χ1v) is 8.11. The Labute approximate surface area is 154 Å². The third kappa shape index (κ3) is 3.95. The average molecular weight is 367 g/mol. The van der Waals surface area contributed by atoms with Crippen LogP contribution in [0.15, 0.2) is 53.1 Å². The number of methoxy groups -OCH3 is 1. The number of benzene rings is 2. The molecule has 27 heavy (non-hydrogen) atoms. The standard InChI is InChI=1S/C19H17N3O5/c1-11(20-17(23)12-7-9-13(10-8-12)19(24)25)18-21-16(22-27-18)14-5-3-4-6-15(14)26-2/h3-11H,1-2H3,(H,20,23)(H,24,25). The Balaban J connectivity index is 1.73. The van der Waals surface area contributed by atoms with Crippen molar-refractivity contribution in [1.29, 1.82) is 0 Å². The zero-order chi connectivity index (χ0) is 19.4. The number of hydrogen-bond acceptors (Lipinski definition) is 6. The van der Waals surface area contributed by atoms with Gasteiger partial charge >= 0.3 is 5.97 Å². The van der Waals surface area contributed by atoms with Gasteiger partial charge in [0.25, 0.3) is 5.91 Å². The average Bonchev–Trinajstić information content (AvgIpc) is 3.18. The number of carboxylic acid groups (broad SMARTS) is 1. The monoisotopic (exact) mass is 367 g/mol. The molecule has 2 N–H and O–H groups in total. The molecule has 0 aliphatic heterocycles. The number of carbonyl (C=O) groups excluding carboxylic acids is 1. The molecule has 0 aliphatic carbocycles. The maximum absolute atomic E-state index is 12.3. The van der Waals surface area contributed by atoms with E-state index in [9.17, 15) is 9.59 Å². The first-order chi connectivity index (χ1) is 13.0. The van der Waals surface area contributed by atoms with E-state index in [1.165, 1.54) is 24.3 Å². The molecule has 0 radical (unpaired) electrons. The predicted molar refractivity (Wildman–Crippen MR) is 95.6 cm³/mol. The van der Waals surface area contributed by atoms with Crippen molar-refractivity contribution in [1.82, 2.24) is 15.5 Å². The van der Waals surface area contributed by atoms with Crippen LogP contribution in [-0.2, 0) is 0 Å². The maximum atomic E-state index is 12.3. The molecule has 2 aromatic carbocycles. The summed E-state index contributed by atoms with van der Waals surface area (Å²) in [6.45, 7) is 1.71. The molecule has 1 aromatic heterocycles. The fraction of sp³-hybridized carbons (Fsp3) is 0.158. The number of carbonyl (C=O) groups is 2. The third-order valence-electron chi connectivity index (χ3n) is 3.90. The Kier molecular flexibility index (Phi) is 5.16. The number of aromatic nitrogens is 2. The van der Waals surface area contributed by atoms with E-state index < -0.39 is 12.0 Å². The van der Waals surface area contributed by atoms with Gasteiger partial charge in [0.1, 0.15) is 11.8 Å². The number of ether oxygens (including phenoxy) is 1. The van der Waals surface area contributed by atoms with Crippen LogP contribution in [0.1, 0.15) is 39.6 Å². The van der Waals surface area contributed by atoms with E-state index in [4.69, 9.17) is 14.4 Å². The minimum absolute atomic E-state index is 0.109. The first kappa shape index (κ1) is 18.1. The molecule has 8 heteroatoms. The van der Waals surface area contributed by atoms with Crippen LogP contribution in [0.25, 0.3) is 11.4 Å². The molecule has 3 rings (SSSR count). The van der Waals surface area contributed by atoms with Gasteiger partial charge in [0, 0.05) is 5.56 Å². The van der Waals surface area contributed by atoms with Gasteiger partial charge in [0.2, 0.25) is 11.7 Å². The smallest absolute Gasteiger partial charge is 0.335 e. The second-order valence-electron chi connectivity index (χ2n) is 5.73. The van der Waals surface area contributed by atoms with Crippen molar-refractivity contribution in [3.63, 3.8) is 0 Å². The number of amides is 1. The van der Waals surface area contributed by atoms with Gasteiger partial charge in [-0.15, -0.1) is 0 Å². The summed E-state index contributed by atoms with van der Waals surface area (Å²) in [5, 5.41) is 15.6. The van der Waals surface area contributed by atoms with Crippen LogP contribution in [0, 0.1) is 0 Å². The molecule has 8 nitrogen and oxygen atoms in total. The zero-order valence-corrected chi connectivity index (χ0v) is 14.7. The van der Waals surface area contributed by atoms with Crippen molar-refractivity contribution in [2.75, 3.05) is 7.11 Å². The SMILES string of the molecule is COc1ccccc1-c1noc(C(C)NC(=O)c2ccc(C(=O)O)cc2)n1. The van der Waals surface area contributed by atoms with Crippen LogP contribution in [0.5, 0.6) is 5.75 Å². The van der Waals surface area contributed by atoms with Crippen molar-refractivity contribution in [2.45, 2.75) is 13.0 Å². The van der Waals surface area contributed by atoms with E-state index in [0.717, 1.165) is 0 Å². The lowest BCUT2D eigenvalue weighted by Crippen LogP contribution is -2.26. The van der Waals surface area contributed by atoms with Crippen LogP contribution in [-0.4, -0.2) is 34.2 Å². The van der Waals surface area contributed by atoms with Crippen molar-refractivity contribution in [3.8, 4) is 17.1 Å². The molecule has 138 valence electrons. The van der Waals surface area contributed by atoms with Crippen molar-refractivity contribution in [2.24, 2.45) is 0 Å². The Morgan fingerprint density at radius 2 is 1.78 bits per heavy atom. The van der Waals surface area contributed by atoms with Gasteiger partial charge in [-0.1, -0.05) is 17.3 Å². The summed E-state index contributed by atoms with van der Waals surface area (Å²) in [5.74, 6) is -0.220. The zero-order valence-electron chi connectivity index (χ0n) is 14.7. The van der Waals surface area contributed by atoms with E-state index in [0.29, 0.717) is 22.7 Å². The fourth-order valence-electron chi connectivity index (χ4n) is 2.46. The number of nitrogens with one attached hydrogen (secondary N) is 1. The molecular weight excluding hydrogens is 350 g/mol. The number of hydrogen-bond donors (Lipinski definition) is 2. The van der Waals surface area contributed by atoms with Crippen LogP contribution < -0.4 is 10.1 Å². The molecule has 1 heterocycles. The third-order valence-corrected chi connectivity index (χ3v) is 3.90. The number of para-hydroxylation sites is 1. The number of carboxylic acids is 1. The second kappa shape index (κ2) is 7.69. The minimum Gasteiger partial charge on any atom is -0.496 e. The summed E-state index contributed by atoms with van der Waals surface area (Å²) < 4.78 is 10.5. The molecule has 3 aromatic rings. The highest BCUT2D eigenvalue weighted by Crippen LogP contribution is 2.28. The van der Waals surface area contributed by atoms with E-state index in [1.54, 1.807) is 26.2 Å². The summed E-state index contributed by atoms with van der Waals surface area (Å²) in [6.07, 6.45) is 0. The molecule has 1 atom stereocenters. The molecule has 0 spiro atoms. The Morgan fingerprint density at radius 3 is 2.44 bits per heavy atom. The molecule has 0 aliphatic rings. The van der Waals surface area contributed by atoms with E-state index >= 15 is 0 Å². The number of rotatable bonds is 6. The largest absolute Gasteiger partial charge is 0.496 e. The van der Waals surface area contributed by atoms with Gasteiger partial charge in [-0.2, -0.15) is 4.98 Å². The highest BCUT2D eigenvalue weighted by molar-refractivity contribution is 5.96. The summed E-state index contributed by atoms with van der Waals surface area (Å²) in [5.41, 5.74) is 1.12. The van der Waals surface area contributed by atoms with Crippen molar-refractivity contribution < 1.29 is 24.0 Å². The summed E-state index contributed by atoms with van der Waals surface area (Å²) in [4.78, 5) is 27.5. The lowest BCUT2D eigenvalue weighted by atomic mass is 10.1. The van der Waals surface area contributed by atoms with Gasteiger partial charge in [-0.05, 0) is 43.3 Å². The lowest BCUT2D eigenvalue weighted by molar-refractivity contribution is 0.0696. The van der Waals surface area contributed by atoms with Gasteiger partial charge < -0.3 is 19.7 Å². The van der Waals surface area contributed by atoms with Gasteiger partial charge in [0.15, 0.2) is 0 Å². The summed E-state index contributed by atoms with van der Waals surface area (Å²) >= 11 is 0. The minimum atomic E-state index is -1.05. The Hall–Kier alpha value is -3.68. The number of aromatic carboxylic acids is 1. The molecule has 1 amide bonds. The molecule has 1 unspecified atom stereocenters. The fourth-order valence-corrected chi connectivity index (χ4v) is 2.46. The summed E-state index contributed by atoms with van der Waals surface area (Å²) in [7, 11) is 1.55. The van der Waals surface area contributed by atoms with Crippen LogP contribution in [0.2, 0.25) is 0 Å². The summed E-state index contributed by atoms with van der Waals surface area (Å²) in [6, 6.07) is 12.4. The lowest BCUT2D eigenvalue weighted by Gasteiger charge is -2.09. The quantitative estimate of drug-likeness (QED) is 0.688. The molecule has 0 fully saturated rings. The van der Waals surface area contributed by atoms with Crippen LogP contribution in [0.4, 0.5) is 0 Å². The van der Waals surface area contributed by atoms with Gasteiger partial charge in [-0.25, -0.2) is 4.79 Å². The topological polar surface area (TPSA) is 115 Å². The Morgan fingerprint density at radius 1 is 1.11 bits per heavy atom. The molecule has 0 saturated heterocycles. The molecular formula is C19H17N3O5. The highest BCUT2D eigenvalue weighted by atomic mass is 16.5. The normalized spacial score (nSPS) is 11.6. The second-order valence-corrected chi connectivity index (χ2v) is 5.73. The van der Waals surface area contributed by atoms with Crippen molar-refractivity contribution in [3.05, 3.63) is 65.5 Å². The predicted octanol–water partition coefficient (Wildman–Crippen LogP) is 2.93. The highest BCUT2D eigenvalue weighted by Gasteiger charge is 2.19. The van der Waals surface area contributed by atoms with Crippen LogP contribution >= 0.6 is 0 Å². The van der Waals surface area contributed by atoms with Gasteiger partial charge in [0.05, 0.1) is 18.2 Å². The Bertz CT molecular complexity index is 965. The maximum Gasteiger partial charge on any atom is 0.335 e. The van der Waals surface area contributed by atoms with Crippen LogP contribution in [0.3, 0.4) is 0 Å². The van der Waals surface area contributed by atoms with Gasteiger partial charge in [-0.3, -0.25) is 4.79 Å². The molecule has 0 saturated carbocycles. The van der Waals surface area contributed by atoms with E-state index in [2.05, 4.69) is 15.5 Å². The van der Waals surface area contributed by atoms with E-state index in [1.807, 2.05) is 12.1 Å². The number of nitrogens with zero attached hydrogens (tertiary/aromatic N) is 2.